The van der Waals surface area contributed by atoms with E-state index in [1.165, 1.54) is 12.0 Å². The minimum atomic E-state index is -0.593. The van der Waals surface area contributed by atoms with Crippen molar-refractivity contribution >= 4 is 12.1 Å². The number of hydrogen-bond acceptors (Lipinski definition) is 4. The predicted octanol–water partition coefficient (Wildman–Crippen LogP) is 2.52. The van der Waals surface area contributed by atoms with Crippen LogP contribution in [0.3, 0.4) is 0 Å². The van der Waals surface area contributed by atoms with Gasteiger partial charge in [0.05, 0.1) is 7.11 Å². The smallest absolute Gasteiger partial charge is 0.411 e. The molecule has 1 aromatic carbocycles. The Morgan fingerprint density at radius 3 is 2.67 bits per heavy atom. The number of likely N-dealkylation sites (tertiary alicyclic amines) is 1. The molecular weight excluding hydrogens is 270 g/mol. The van der Waals surface area contributed by atoms with Crippen molar-refractivity contribution in [3.63, 3.8) is 0 Å². The lowest BCUT2D eigenvalue weighted by Gasteiger charge is -2.21. The van der Waals surface area contributed by atoms with E-state index in [9.17, 15) is 9.59 Å². The largest absolute Gasteiger partial charge is 0.467 e. The van der Waals surface area contributed by atoms with E-state index in [0.717, 1.165) is 11.1 Å². The first kappa shape index (κ1) is 15.1. The average Bonchev–Trinajstić information content (AvgIpc) is 2.97. The quantitative estimate of drug-likeness (QED) is 0.634. The number of hydrogen-bond donors (Lipinski definition) is 0. The molecule has 1 fully saturated rings. The maximum Gasteiger partial charge on any atom is 0.411 e. The molecule has 5 heteroatoms. The summed E-state index contributed by atoms with van der Waals surface area (Å²) in [7, 11) is 1.32. The lowest BCUT2D eigenvalue weighted by Crippen LogP contribution is -2.41. The minimum absolute atomic E-state index is 0.190. The summed E-state index contributed by atoms with van der Waals surface area (Å²) >= 11 is 0. The molecule has 112 valence electrons. The van der Waals surface area contributed by atoms with Gasteiger partial charge in [0.15, 0.2) is 0 Å². The zero-order valence-corrected chi connectivity index (χ0v) is 12.2. The number of methoxy groups -OCH3 is 1. The first-order valence-electron chi connectivity index (χ1n) is 6.85. The van der Waals surface area contributed by atoms with Crippen LogP contribution in [0.5, 0.6) is 0 Å². The van der Waals surface area contributed by atoms with E-state index < -0.39 is 18.1 Å². The van der Waals surface area contributed by atoms with Crippen LogP contribution in [-0.2, 0) is 20.9 Å². The lowest BCUT2D eigenvalue weighted by molar-refractivity contribution is -0.145. The van der Waals surface area contributed by atoms with Gasteiger partial charge >= 0.3 is 12.1 Å². The lowest BCUT2D eigenvalue weighted by atomic mass is 10.1. The summed E-state index contributed by atoms with van der Waals surface area (Å²) in [4.78, 5) is 25.4. The Hall–Kier alpha value is -2.30. The van der Waals surface area contributed by atoms with Crippen molar-refractivity contribution < 1.29 is 19.1 Å². The maximum absolute atomic E-state index is 12.2. The third kappa shape index (κ3) is 3.62. The fourth-order valence-corrected chi connectivity index (χ4v) is 2.30. The third-order valence-corrected chi connectivity index (χ3v) is 3.53. The summed E-state index contributed by atoms with van der Waals surface area (Å²) in [6, 6.07) is 8.84. The second kappa shape index (κ2) is 6.92. The zero-order valence-electron chi connectivity index (χ0n) is 12.2. The molecule has 21 heavy (non-hydrogen) atoms. The van der Waals surface area contributed by atoms with Crippen LogP contribution in [0.2, 0.25) is 0 Å². The molecule has 1 aliphatic rings. The number of benzene rings is 1. The van der Waals surface area contributed by atoms with Gasteiger partial charge < -0.3 is 9.47 Å². The Morgan fingerprint density at radius 1 is 1.33 bits per heavy atom. The Labute approximate surface area is 124 Å². The van der Waals surface area contributed by atoms with Gasteiger partial charge in [-0.25, -0.2) is 9.59 Å². The Bertz CT molecular complexity index is 538. The Kier molecular flexibility index (Phi) is 4.98. The molecule has 0 bridgehead atoms. The fraction of sp³-hybridized carbons (Fsp3) is 0.375. The van der Waals surface area contributed by atoms with Gasteiger partial charge in [0, 0.05) is 13.0 Å². The van der Waals surface area contributed by atoms with Crippen LogP contribution < -0.4 is 0 Å². The number of nitrogens with zero attached hydrogens (tertiary/aromatic N) is 1. The SMILES string of the molecule is CC=C1CC(C(=O)OC)N(C(=O)OCc2ccccc2)C1. The molecule has 1 aliphatic heterocycles. The standard InChI is InChI=1S/C16H19NO4/c1-3-12-9-14(15(18)20-2)17(10-12)16(19)21-11-13-7-5-4-6-8-13/h3-8,14H,9-11H2,1-2H3. The molecule has 1 heterocycles. The van der Waals surface area contributed by atoms with Gasteiger partial charge in [-0.3, -0.25) is 4.90 Å². The van der Waals surface area contributed by atoms with Crippen LogP contribution in [0.15, 0.2) is 42.0 Å². The summed E-state index contributed by atoms with van der Waals surface area (Å²) in [5, 5.41) is 0. The molecule has 0 spiro atoms. The maximum atomic E-state index is 12.2. The van der Waals surface area contributed by atoms with Crippen LogP contribution in [0, 0.1) is 0 Å². The topological polar surface area (TPSA) is 55.8 Å². The second-order valence-corrected chi connectivity index (χ2v) is 4.86. The van der Waals surface area contributed by atoms with E-state index in [1.807, 2.05) is 43.3 Å². The van der Waals surface area contributed by atoms with Crippen LogP contribution in [0.1, 0.15) is 18.9 Å². The van der Waals surface area contributed by atoms with E-state index in [4.69, 9.17) is 9.47 Å². The number of rotatable bonds is 3. The van der Waals surface area contributed by atoms with Crippen molar-refractivity contribution in [2.45, 2.75) is 26.0 Å². The molecule has 1 saturated heterocycles. The van der Waals surface area contributed by atoms with E-state index in [-0.39, 0.29) is 6.61 Å². The number of carbonyl (C=O) groups is 2. The van der Waals surface area contributed by atoms with E-state index >= 15 is 0 Å². The van der Waals surface area contributed by atoms with Crippen molar-refractivity contribution in [2.24, 2.45) is 0 Å². The molecule has 1 amide bonds. The summed E-state index contributed by atoms with van der Waals surface area (Å²) < 4.78 is 10.0. The van der Waals surface area contributed by atoms with Gasteiger partial charge in [0.1, 0.15) is 12.6 Å². The van der Waals surface area contributed by atoms with Gasteiger partial charge in [-0.05, 0) is 12.5 Å². The van der Waals surface area contributed by atoms with E-state index in [1.54, 1.807) is 0 Å². The highest BCUT2D eigenvalue weighted by Crippen LogP contribution is 2.24. The van der Waals surface area contributed by atoms with Crippen LogP contribution in [0.25, 0.3) is 0 Å². The molecule has 2 rings (SSSR count). The highest BCUT2D eigenvalue weighted by molar-refractivity contribution is 5.83. The first-order valence-corrected chi connectivity index (χ1v) is 6.85. The van der Waals surface area contributed by atoms with Crippen LogP contribution in [-0.4, -0.2) is 36.7 Å². The van der Waals surface area contributed by atoms with Gasteiger partial charge in [-0.15, -0.1) is 0 Å². The van der Waals surface area contributed by atoms with Crippen molar-refractivity contribution in [1.29, 1.82) is 0 Å². The number of carbonyl (C=O) groups excluding carboxylic acids is 2. The molecule has 5 nitrogen and oxygen atoms in total. The molecule has 1 unspecified atom stereocenters. The summed E-state index contributed by atoms with van der Waals surface area (Å²) in [6.45, 7) is 2.49. The number of allylic oxidation sites excluding steroid dienone is 1. The van der Waals surface area contributed by atoms with Gasteiger partial charge in [0.25, 0.3) is 0 Å². The molecule has 1 aromatic rings. The van der Waals surface area contributed by atoms with Crippen molar-refractivity contribution in [2.75, 3.05) is 13.7 Å². The normalized spacial score (nSPS) is 19.6. The van der Waals surface area contributed by atoms with E-state index in [2.05, 4.69) is 0 Å². The van der Waals surface area contributed by atoms with Crippen LogP contribution >= 0.6 is 0 Å². The van der Waals surface area contributed by atoms with Crippen molar-refractivity contribution in [3.05, 3.63) is 47.5 Å². The predicted molar refractivity (Wildman–Crippen MR) is 77.5 cm³/mol. The molecule has 0 N–H and O–H groups in total. The number of esters is 1. The second-order valence-electron chi connectivity index (χ2n) is 4.86. The number of amides is 1. The molecule has 0 saturated carbocycles. The van der Waals surface area contributed by atoms with Gasteiger partial charge in [-0.1, -0.05) is 42.0 Å². The molecule has 0 radical (unpaired) electrons. The summed E-state index contributed by atoms with van der Waals surface area (Å²) in [5.41, 5.74) is 1.94. The van der Waals surface area contributed by atoms with E-state index in [0.29, 0.717) is 13.0 Å². The summed E-state index contributed by atoms with van der Waals surface area (Å²) in [6.07, 6.45) is 1.93. The first-order chi connectivity index (χ1) is 10.2. The average molecular weight is 289 g/mol. The van der Waals surface area contributed by atoms with Crippen LogP contribution in [0.4, 0.5) is 4.79 Å². The van der Waals surface area contributed by atoms with Crippen molar-refractivity contribution in [3.8, 4) is 0 Å². The Balaban J connectivity index is 2.01. The summed E-state index contributed by atoms with van der Waals surface area (Å²) in [5.74, 6) is -0.413. The monoisotopic (exact) mass is 289 g/mol. The highest BCUT2D eigenvalue weighted by atomic mass is 16.6. The third-order valence-electron chi connectivity index (χ3n) is 3.53. The Morgan fingerprint density at radius 2 is 2.05 bits per heavy atom. The molecule has 0 aliphatic carbocycles. The fourth-order valence-electron chi connectivity index (χ4n) is 2.30. The minimum Gasteiger partial charge on any atom is -0.467 e. The zero-order chi connectivity index (χ0) is 15.2. The molecule has 1 atom stereocenters. The molecular formula is C16H19NO4. The number of ether oxygens (including phenoxy) is 2. The van der Waals surface area contributed by atoms with Gasteiger partial charge in [-0.2, -0.15) is 0 Å². The molecule has 0 aromatic heterocycles. The van der Waals surface area contributed by atoms with Crippen molar-refractivity contribution in [1.82, 2.24) is 4.90 Å². The van der Waals surface area contributed by atoms with Gasteiger partial charge in [0.2, 0.25) is 0 Å². The highest BCUT2D eigenvalue weighted by Gasteiger charge is 2.38.